The molecule has 2 aliphatic rings. The second-order valence-corrected chi connectivity index (χ2v) is 8.01. The van der Waals surface area contributed by atoms with Gasteiger partial charge >= 0.3 is 5.97 Å². The monoisotopic (exact) mass is 322 g/mol. The van der Waals surface area contributed by atoms with Gasteiger partial charge in [0.2, 0.25) is 0 Å². The van der Waals surface area contributed by atoms with Gasteiger partial charge in [-0.2, -0.15) is 0 Å². The zero-order chi connectivity index (χ0) is 17.0. The van der Waals surface area contributed by atoms with E-state index in [9.17, 15) is 9.59 Å². The Kier molecular flexibility index (Phi) is 6.27. The summed E-state index contributed by atoms with van der Waals surface area (Å²) >= 11 is 0. The number of fused-ring (bicyclic) bond motifs is 1. The summed E-state index contributed by atoms with van der Waals surface area (Å²) in [6.45, 7) is 8.71. The topological polar surface area (TPSA) is 43.4 Å². The molecule has 0 unspecified atom stereocenters. The quantitative estimate of drug-likeness (QED) is 0.625. The molecule has 3 nitrogen and oxygen atoms in total. The van der Waals surface area contributed by atoms with Gasteiger partial charge in [-0.15, -0.1) is 0 Å². The summed E-state index contributed by atoms with van der Waals surface area (Å²) in [6.07, 6.45) is 8.47. The molecular weight excluding hydrogens is 288 g/mol. The van der Waals surface area contributed by atoms with Gasteiger partial charge in [0.05, 0.1) is 0 Å². The SMILES string of the molecule is CCC(CC)OC(=O)CC[C@@H](C)[C@H]1CC[C@H]2C(=O)CCC[C@]12C. The van der Waals surface area contributed by atoms with Crippen LogP contribution in [0.3, 0.4) is 0 Å². The predicted octanol–water partition coefficient (Wildman–Crippen LogP) is 4.92. The standard InChI is InChI=1S/C20H34O3/c1-5-15(6-2)23-19(22)12-9-14(3)16-10-11-17-18(21)8-7-13-20(16,17)4/h14-17H,5-13H2,1-4H3/t14-,16-,17+,20-/m1/s1. The third-order valence-electron chi connectivity index (χ3n) is 6.64. The molecule has 0 N–H and O–H groups in total. The summed E-state index contributed by atoms with van der Waals surface area (Å²) < 4.78 is 5.52. The van der Waals surface area contributed by atoms with Gasteiger partial charge in [0, 0.05) is 18.8 Å². The molecule has 0 aromatic heterocycles. The lowest BCUT2D eigenvalue weighted by atomic mass is 9.62. The Morgan fingerprint density at radius 3 is 2.65 bits per heavy atom. The third-order valence-corrected chi connectivity index (χ3v) is 6.64. The summed E-state index contributed by atoms with van der Waals surface area (Å²) in [5, 5.41) is 0. The normalized spacial score (nSPS) is 32.0. The highest BCUT2D eigenvalue weighted by atomic mass is 16.5. The zero-order valence-corrected chi connectivity index (χ0v) is 15.4. The maximum absolute atomic E-state index is 12.2. The van der Waals surface area contributed by atoms with Crippen LogP contribution < -0.4 is 0 Å². The average Bonchev–Trinajstić information content (AvgIpc) is 2.88. The van der Waals surface area contributed by atoms with Crippen LogP contribution in [-0.2, 0) is 14.3 Å². The lowest BCUT2D eigenvalue weighted by Crippen LogP contribution is -2.39. The molecule has 0 amide bonds. The molecule has 0 saturated heterocycles. The largest absolute Gasteiger partial charge is 0.462 e. The average molecular weight is 322 g/mol. The molecule has 0 heterocycles. The van der Waals surface area contributed by atoms with E-state index in [1.54, 1.807) is 0 Å². The molecule has 0 bridgehead atoms. The first-order valence-corrected chi connectivity index (χ1v) is 9.64. The van der Waals surface area contributed by atoms with Gasteiger partial charge in [0.15, 0.2) is 0 Å². The molecule has 4 atom stereocenters. The van der Waals surface area contributed by atoms with Crippen LogP contribution >= 0.6 is 0 Å². The third kappa shape index (κ3) is 3.97. The van der Waals surface area contributed by atoms with Crippen molar-refractivity contribution in [3.05, 3.63) is 0 Å². The minimum atomic E-state index is -0.0510. The van der Waals surface area contributed by atoms with E-state index in [1.165, 1.54) is 6.42 Å². The van der Waals surface area contributed by atoms with Crippen molar-refractivity contribution in [3.8, 4) is 0 Å². The van der Waals surface area contributed by atoms with Gasteiger partial charge in [-0.3, -0.25) is 9.59 Å². The molecule has 23 heavy (non-hydrogen) atoms. The Hall–Kier alpha value is -0.860. The lowest BCUT2D eigenvalue weighted by molar-refractivity contribution is -0.150. The highest BCUT2D eigenvalue weighted by molar-refractivity contribution is 5.83. The maximum atomic E-state index is 12.2. The van der Waals surface area contributed by atoms with Crippen LogP contribution in [0.15, 0.2) is 0 Å². The van der Waals surface area contributed by atoms with Gasteiger partial charge in [-0.1, -0.05) is 27.7 Å². The number of carbonyl (C=O) groups is 2. The van der Waals surface area contributed by atoms with Crippen molar-refractivity contribution in [1.29, 1.82) is 0 Å². The van der Waals surface area contributed by atoms with Crippen molar-refractivity contribution in [3.63, 3.8) is 0 Å². The molecule has 0 radical (unpaired) electrons. The van der Waals surface area contributed by atoms with E-state index >= 15 is 0 Å². The number of ether oxygens (including phenoxy) is 1. The van der Waals surface area contributed by atoms with Gasteiger partial charge in [0.25, 0.3) is 0 Å². The Bertz CT molecular complexity index is 427. The van der Waals surface area contributed by atoms with Gasteiger partial charge in [-0.25, -0.2) is 0 Å². The van der Waals surface area contributed by atoms with Gasteiger partial charge in [0.1, 0.15) is 11.9 Å². The summed E-state index contributed by atoms with van der Waals surface area (Å²) in [5.74, 6) is 1.79. The van der Waals surface area contributed by atoms with Crippen molar-refractivity contribution in [1.82, 2.24) is 0 Å². The van der Waals surface area contributed by atoms with Crippen molar-refractivity contribution >= 4 is 11.8 Å². The predicted molar refractivity (Wildman–Crippen MR) is 92.0 cm³/mol. The zero-order valence-electron chi connectivity index (χ0n) is 15.4. The van der Waals surface area contributed by atoms with Gasteiger partial charge < -0.3 is 4.74 Å². The number of esters is 1. The van der Waals surface area contributed by atoms with Crippen molar-refractivity contribution < 1.29 is 14.3 Å². The molecule has 2 saturated carbocycles. The summed E-state index contributed by atoms with van der Waals surface area (Å²) in [4.78, 5) is 24.3. The molecular formula is C20H34O3. The minimum absolute atomic E-state index is 0.0510. The Balaban J connectivity index is 1.87. The highest BCUT2D eigenvalue weighted by Gasteiger charge is 2.52. The van der Waals surface area contributed by atoms with Gasteiger partial charge in [-0.05, 0) is 62.2 Å². The van der Waals surface area contributed by atoms with Crippen LogP contribution in [0.1, 0.15) is 85.5 Å². The number of rotatable bonds is 7. The van der Waals surface area contributed by atoms with Crippen LogP contribution in [0.4, 0.5) is 0 Å². The fraction of sp³-hybridized carbons (Fsp3) is 0.900. The molecule has 0 aliphatic heterocycles. The smallest absolute Gasteiger partial charge is 0.306 e. The second-order valence-electron chi connectivity index (χ2n) is 8.01. The Morgan fingerprint density at radius 1 is 1.30 bits per heavy atom. The number of Topliss-reactive ketones (excluding diaryl/α,β-unsaturated/α-hetero) is 1. The van der Waals surface area contributed by atoms with E-state index in [1.807, 2.05) is 0 Å². The maximum Gasteiger partial charge on any atom is 0.306 e. The first kappa shape index (κ1) is 18.5. The van der Waals surface area contributed by atoms with E-state index in [0.717, 1.165) is 44.9 Å². The van der Waals surface area contributed by atoms with Crippen LogP contribution in [-0.4, -0.2) is 17.9 Å². The first-order chi connectivity index (χ1) is 10.9. The number of ketones is 1. The number of hydrogen-bond acceptors (Lipinski definition) is 3. The van der Waals surface area contributed by atoms with Crippen LogP contribution in [0.5, 0.6) is 0 Å². The van der Waals surface area contributed by atoms with E-state index < -0.39 is 0 Å². The van der Waals surface area contributed by atoms with E-state index in [4.69, 9.17) is 4.74 Å². The van der Waals surface area contributed by atoms with E-state index in [0.29, 0.717) is 24.0 Å². The molecule has 0 spiro atoms. The number of hydrogen-bond donors (Lipinski definition) is 0. The first-order valence-electron chi connectivity index (χ1n) is 9.64. The molecule has 132 valence electrons. The summed E-state index contributed by atoms with van der Waals surface area (Å²) in [5.41, 5.74) is 0.175. The molecule has 3 heteroatoms. The van der Waals surface area contributed by atoms with Crippen LogP contribution in [0.2, 0.25) is 0 Å². The van der Waals surface area contributed by atoms with E-state index in [-0.39, 0.29) is 23.4 Å². The fourth-order valence-corrected chi connectivity index (χ4v) is 5.15. The van der Waals surface area contributed by atoms with Crippen LogP contribution in [0.25, 0.3) is 0 Å². The van der Waals surface area contributed by atoms with Crippen molar-refractivity contribution in [2.24, 2.45) is 23.2 Å². The second kappa shape index (κ2) is 7.81. The molecule has 2 fully saturated rings. The molecule has 2 rings (SSSR count). The number of carbonyl (C=O) groups excluding carboxylic acids is 2. The molecule has 0 aromatic rings. The lowest BCUT2D eigenvalue weighted by Gasteiger charge is -2.42. The minimum Gasteiger partial charge on any atom is -0.462 e. The summed E-state index contributed by atoms with van der Waals surface area (Å²) in [7, 11) is 0. The molecule has 0 aromatic carbocycles. The van der Waals surface area contributed by atoms with Crippen LogP contribution in [0, 0.1) is 23.2 Å². The molecule has 2 aliphatic carbocycles. The highest BCUT2D eigenvalue weighted by Crippen LogP contribution is 2.57. The Morgan fingerprint density at radius 2 is 2.00 bits per heavy atom. The summed E-state index contributed by atoms with van der Waals surface area (Å²) in [6, 6.07) is 0. The van der Waals surface area contributed by atoms with E-state index in [2.05, 4.69) is 27.7 Å². The fourth-order valence-electron chi connectivity index (χ4n) is 5.15. The van der Waals surface area contributed by atoms with Crippen molar-refractivity contribution in [2.45, 2.75) is 91.6 Å². The van der Waals surface area contributed by atoms with Crippen molar-refractivity contribution in [2.75, 3.05) is 0 Å². The Labute approximate surface area is 141 Å².